The summed E-state index contributed by atoms with van der Waals surface area (Å²) in [4.78, 5) is 7.62. The number of anilines is 8. The van der Waals surface area contributed by atoms with Crippen LogP contribution < -0.4 is 24.9 Å². The van der Waals surface area contributed by atoms with Crippen molar-refractivity contribution in [2.24, 2.45) is 0 Å². The fourth-order valence-electron chi connectivity index (χ4n) is 13.0. The van der Waals surface area contributed by atoms with Crippen LogP contribution >= 0.6 is 11.3 Å². The molecule has 7 heteroatoms. The Morgan fingerprint density at radius 3 is 1.48 bits per heavy atom. The first kappa shape index (κ1) is 53.0. The molecule has 0 fully saturated rings. The van der Waals surface area contributed by atoms with Crippen molar-refractivity contribution in [3.8, 4) is 11.1 Å². The molecule has 0 saturated carbocycles. The second-order valence-corrected chi connectivity index (χ2v) is 29.8. The van der Waals surface area contributed by atoms with E-state index < -0.39 is 0 Å². The summed E-state index contributed by atoms with van der Waals surface area (Å²) in [5.74, 6) is 0. The van der Waals surface area contributed by atoms with E-state index in [4.69, 9.17) is 8.83 Å². The van der Waals surface area contributed by atoms with Gasteiger partial charge in [-0.25, -0.2) is 0 Å². The van der Waals surface area contributed by atoms with E-state index in [2.05, 4.69) is 294 Å². The number of nitrogens with zero attached hydrogens (tertiary/aromatic N) is 3. The molecule has 12 aromatic rings. The average molecular weight is 1100 g/mol. The normalized spacial score (nSPS) is 13.9. The zero-order chi connectivity index (χ0) is 58.0. The van der Waals surface area contributed by atoms with E-state index >= 15 is 0 Å². The highest BCUT2D eigenvalue weighted by Gasteiger charge is 2.49. The monoisotopic (exact) mass is 1100 g/mol. The zero-order valence-electron chi connectivity index (χ0n) is 50.9. The summed E-state index contributed by atoms with van der Waals surface area (Å²) in [6.45, 7) is 34.2. The maximum Gasteiger partial charge on any atom is 0.343 e. The van der Waals surface area contributed by atoms with Gasteiger partial charge in [0.15, 0.2) is 0 Å². The minimum atomic E-state index is -0.225. The van der Waals surface area contributed by atoms with E-state index in [0.717, 1.165) is 94.8 Å². The van der Waals surface area contributed by atoms with E-state index in [1.807, 2.05) is 11.3 Å². The molecule has 9 aromatic carbocycles. The molecular formula is C76H74BN3O2S. The third kappa shape index (κ3) is 8.62. The van der Waals surface area contributed by atoms with Crippen molar-refractivity contribution in [3.05, 3.63) is 204 Å². The second kappa shape index (κ2) is 18.3. The summed E-state index contributed by atoms with van der Waals surface area (Å²) in [5.41, 5.74) is 22.4. The van der Waals surface area contributed by atoms with Gasteiger partial charge in [0.2, 0.25) is 0 Å². The Bertz CT molecular complexity index is 4510. The van der Waals surface area contributed by atoms with Gasteiger partial charge in [0.25, 0.3) is 0 Å². The number of para-hydroxylation sites is 1. The van der Waals surface area contributed by atoms with Crippen molar-refractivity contribution in [3.63, 3.8) is 0 Å². The van der Waals surface area contributed by atoms with E-state index in [0.29, 0.717) is 0 Å². The van der Waals surface area contributed by atoms with E-state index in [1.54, 1.807) is 0 Å². The molecule has 2 aliphatic heterocycles. The Hall–Kier alpha value is -8.00. The molecule has 3 aromatic heterocycles. The Kier molecular flexibility index (Phi) is 11.7. The van der Waals surface area contributed by atoms with Crippen LogP contribution in [0.25, 0.3) is 65.1 Å². The molecule has 0 atom stereocenters. The minimum Gasteiger partial charge on any atom is -0.456 e. The van der Waals surface area contributed by atoms with Crippen LogP contribution in [0, 0.1) is 0 Å². The fraction of sp³-hybridized carbons (Fsp3) is 0.263. The highest BCUT2D eigenvalue weighted by atomic mass is 32.1. The van der Waals surface area contributed by atoms with E-state index in [-0.39, 0.29) is 33.9 Å². The number of rotatable bonds is 5. The van der Waals surface area contributed by atoms with Gasteiger partial charge in [0.1, 0.15) is 22.3 Å². The number of fused-ring (bicyclic) bond motifs is 13. The molecule has 5 nitrogen and oxygen atoms in total. The highest BCUT2D eigenvalue weighted by molar-refractivity contribution is 7.32. The Morgan fingerprint density at radius 2 is 0.904 bits per heavy atom. The molecule has 2 aliphatic rings. The number of furan rings is 2. The summed E-state index contributed by atoms with van der Waals surface area (Å²) in [5, 5.41) is 5.58. The number of hydrogen-bond acceptors (Lipinski definition) is 6. The summed E-state index contributed by atoms with van der Waals surface area (Å²) in [7, 11) is 0. The van der Waals surface area contributed by atoms with Crippen LogP contribution in [0.15, 0.2) is 185 Å². The minimum absolute atomic E-state index is 0.00898. The Morgan fingerprint density at radius 1 is 0.398 bits per heavy atom. The van der Waals surface area contributed by atoms with Gasteiger partial charge in [-0.2, -0.15) is 0 Å². The molecule has 0 bridgehead atoms. The van der Waals surface area contributed by atoms with Gasteiger partial charge in [-0.1, -0.05) is 177 Å². The molecule has 14 rings (SSSR count). The molecule has 0 saturated heterocycles. The third-order valence-corrected chi connectivity index (χ3v) is 19.0. The lowest BCUT2D eigenvalue weighted by Gasteiger charge is -2.44. The molecule has 414 valence electrons. The molecule has 0 aliphatic carbocycles. The molecule has 83 heavy (non-hydrogen) atoms. The highest BCUT2D eigenvalue weighted by Crippen LogP contribution is 2.55. The molecule has 0 spiro atoms. The number of benzene rings is 9. The summed E-state index contributed by atoms with van der Waals surface area (Å²) < 4.78 is 17.0. The van der Waals surface area contributed by atoms with Gasteiger partial charge in [0, 0.05) is 93.4 Å². The molecule has 0 unspecified atom stereocenters. The zero-order valence-corrected chi connectivity index (χ0v) is 51.7. The van der Waals surface area contributed by atoms with Crippen LogP contribution in [0.3, 0.4) is 0 Å². The van der Waals surface area contributed by atoms with E-state index in [9.17, 15) is 0 Å². The van der Waals surface area contributed by atoms with Crippen LogP contribution in [0.2, 0.25) is 0 Å². The van der Waals surface area contributed by atoms with Crippen molar-refractivity contribution in [2.45, 2.75) is 131 Å². The number of hydrogen-bond donors (Lipinski definition) is 0. The third-order valence-electron chi connectivity index (χ3n) is 17.8. The van der Waals surface area contributed by atoms with Crippen LogP contribution in [0.1, 0.15) is 132 Å². The number of thiophene rings is 1. The van der Waals surface area contributed by atoms with Gasteiger partial charge in [0.05, 0.1) is 5.69 Å². The first-order chi connectivity index (χ1) is 39.3. The summed E-state index contributed by atoms with van der Waals surface area (Å²) in [6, 6.07) is 66.7. The van der Waals surface area contributed by atoms with Crippen LogP contribution in [0.5, 0.6) is 0 Å². The van der Waals surface area contributed by atoms with Crippen LogP contribution in [0.4, 0.5) is 45.5 Å². The van der Waals surface area contributed by atoms with Crippen LogP contribution in [-0.4, -0.2) is 6.85 Å². The lowest BCUT2D eigenvalue weighted by molar-refractivity contribution is 0.590. The first-order valence-corrected chi connectivity index (χ1v) is 30.5. The summed E-state index contributed by atoms with van der Waals surface area (Å²) in [6.07, 6.45) is 0. The van der Waals surface area contributed by atoms with Crippen molar-refractivity contribution in [1.82, 2.24) is 0 Å². The van der Waals surface area contributed by atoms with E-state index in [1.165, 1.54) is 53.8 Å². The average Bonchev–Trinajstić information content (AvgIpc) is 3.60. The smallest absolute Gasteiger partial charge is 0.343 e. The lowest BCUT2D eigenvalue weighted by atomic mass is 9.46. The van der Waals surface area contributed by atoms with Crippen molar-refractivity contribution in [2.75, 3.05) is 14.6 Å². The van der Waals surface area contributed by atoms with Crippen molar-refractivity contribution < 1.29 is 8.83 Å². The maximum absolute atomic E-state index is 7.29. The Labute approximate surface area is 494 Å². The second-order valence-electron chi connectivity index (χ2n) is 28.7. The van der Waals surface area contributed by atoms with Crippen molar-refractivity contribution in [1.29, 1.82) is 0 Å². The SMILES string of the molecule is CC(C)(C)c1ccc(N2B3c4sc5ccc(C(C)(C)C)cc5c4N(c4ccc(C(C)(C)C)cc4)c4cc5c(oc6ccccc65)c(c43)-c3cc4c(cc32)oc2ccc(N(c3ccc(C(C)(C)C)cc3)c3ccc(C(C)(C)C)cc3)cc24)cc1. The molecule has 0 amide bonds. The van der Waals surface area contributed by atoms with Crippen molar-refractivity contribution >= 4 is 128 Å². The van der Waals surface area contributed by atoms with Gasteiger partial charge < -0.3 is 23.4 Å². The first-order valence-electron chi connectivity index (χ1n) is 29.7. The topological polar surface area (TPSA) is 36.0 Å². The van der Waals surface area contributed by atoms with Crippen LogP contribution in [-0.2, 0) is 27.1 Å². The summed E-state index contributed by atoms with van der Waals surface area (Å²) >= 11 is 1.92. The molecule has 0 radical (unpaired) electrons. The van der Waals surface area contributed by atoms with Gasteiger partial charge in [-0.15, -0.1) is 11.3 Å². The van der Waals surface area contributed by atoms with Gasteiger partial charge >= 0.3 is 6.85 Å². The standard InChI is InChI=1S/C76H74BN3O2S/c1-72(2,3)45-20-29-50(30-21-45)78(51-31-22-46(23-32-51)73(4,5)6)54-37-38-64-56(41-54)57-42-59-61(44-65(57)81-64)80(53-35-26-48(27-36-53)75(10,11)12)77-68-62(43-58-55-18-16-17-19-63(55)82-70(58)67(59)68)79(52-33-24-47(25-34-52)74(7,8)9)69-60-40-49(76(13,14)15)28-39-66(60)83-71(69)77/h16-44H,1-15H3. The quantitative estimate of drug-likeness (QED) is 0.161. The maximum atomic E-state index is 7.29. The predicted octanol–water partition coefficient (Wildman–Crippen LogP) is 21.4. The molecule has 5 heterocycles. The molecule has 0 N–H and O–H groups in total. The lowest BCUT2D eigenvalue weighted by Crippen LogP contribution is -2.60. The van der Waals surface area contributed by atoms with Gasteiger partial charge in [-0.3, -0.25) is 0 Å². The fourth-order valence-corrected chi connectivity index (χ4v) is 14.3. The molecular weight excluding hydrogens is 1030 g/mol. The van der Waals surface area contributed by atoms with Gasteiger partial charge in [-0.05, 0) is 157 Å². The predicted molar refractivity (Wildman–Crippen MR) is 358 cm³/mol. The largest absolute Gasteiger partial charge is 0.456 e. The Balaban J connectivity index is 1.08.